The number of fused-ring (bicyclic) bond motifs is 1. The van der Waals surface area contributed by atoms with Crippen molar-refractivity contribution in [2.45, 2.75) is 6.54 Å². The van der Waals surface area contributed by atoms with Crippen molar-refractivity contribution in [3.05, 3.63) is 89.6 Å². The lowest BCUT2D eigenvalue weighted by atomic mass is 10.1. The molecule has 0 radical (unpaired) electrons. The summed E-state index contributed by atoms with van der Waals surface area (Å²) in [7, 11) is 0. The summed E-state index contributed by atoms with van der Waals surface area (Å²) in [5.41, 5.74) is 11.6. The zero-order valence-corrected chi connectivity index (χ0v) is 18.0. The topological polar surface area (TPSA) is 126 Å². The fourth-order valence-corrected chi connectivity index (χ4v) is 3.66. The van der Waals surface area contributed by atoms with Crippen LogP contribution in [0.4, 0.5) is 0 Å². The third-order valence-corrected chi connectivity index (χ3v) is 5.37. The number of hydrogen-bond acceptors (Lipinski definition) is 5. The predicted octanol–water partition coefficient (Wildman–Crippen LogP) is 4.02. The van der Waals surface area contributed by atoms with Crippen molar-refractivity contribution < 1.29 is 4.79 Å². The molecule has 2 heterocycles. The number of hydrogen-bond donors (Lipinski definition) is 2. The molecule has 5 aromatic rings. The molecule has 0 unspecified atom stereocenters. The van der Waals surface area contributed by atoms with Crippen LogP contribution in [0.25, 0.3) is 45.8 Å². The zero-order valence-electron chi connectivity index (χ0n) is 18.0. The predicted molar refractivity (Wildman–Crippen MR) is 130 cm³/mol. The number of carbonyl (C=O) groups excluding carboxylic acids is 1. The van der Waals surface area contributed by atoms with Crippen molar-refractivity contribution in [3.63, 3.8) is 0 Å². The molecule has 1 amide bonds. The second-order valence-corrected chi connectivity index (χ2v) is 7.70. The van der Waals surface area contributed by atoms with E-state index in [4.69, 9.17) is 5.73 Å². The average Bonchev–Trinajstić information content (AvgIpc) is 3.47. The van der Waals surface area contributed by atoms with Crippen molar-refractivity contribution in [1.82, 2.24) is 25.0 Å². The minimum Gasteiger partial charge on any atom is -0.368 e. The zero-order chi connectivity index (χ0) is 23.5. The molecule has 0 saturated carbocycles. The van der Waals surface area contributed by atoms with Gasteiger partial charge in [0.1, 0.15) is 24.1 Å². The molecule has 0 aliphatic rings. The molecule has 0 atom stereocenters. The molecule has 0 spiro atoms. The number of nitrogens with zero attached hydrogens (tertiary/aromatic N) is 5. The number of nitrogens with two attached hydrogens (primary N) is 1. The van der Waals surface area contributed by atoms with Crippen molar-refractivity contribution in [2.75, 3.05) is 0 Å². The highest BCUT2D eigenvalue weighted by atomic mass is 16.1. The van der Waals surface area contributed by atoms with Crippen molar-refractivity contribution in [1.29, 1.82) is 5.26 Å². The minimum atomic E-state index is -0.584. The molecule has 0 aliphatic heterocycles. The number of benzene rings is 3. The van der Waals surface area contributed by atoms with Gasteiger partial charge in [-0.25, -0.2) is 9.67 Å². The minimum absolute atomic E-state index is 0.189. The van der Waals surface area contributed by atoms with Crippen LogP contribution in [0, 0.1) is 11.3 Å². The highest BCUT2D eigenvalue weighted by molar-refractivity contribution is 5.80. The van der Waals surface area contributed by atoms with E-state index in [0.717, 1.165) is 39.1 Å². The first-order chi connectivity index (χ1) is 16.6. The lowest BCUT2D eigenvalue weighted by Crippen LogP contribution is -2.20. The van der Waals surface area contributed by atoms with Crippen LogP contribution < -0.4 is 5.73 Å². The molecule has 5 rings (SSSR count). The number of nitriles is 1. The number of carbonyl (C=O) groups is 1. The maximum Gasteiger partial charge on any atom is 0.239 e. The molecule has 3 aromatic carbocycles. The van der Waals surface area contributed by atoms with Gasteiger partial charge in [-0.3, -0.25) is 4.79 Å². The molecule has 0 saturated heterocycles. The molecule has 3 N–H and O–H groups in total. The first-order valence-corrected chi connectivity index (χ1v) is 10.6. The number of primary amides is 1. The molecule has 0 bridgehead atoms. The monoisotopic (exact) mass is 445 g/mol. The highest BCUT2D eigenvalue weighted by Crippen LogP contribution is 2.23. The number of H-pyrrole nitrogens is 1. The number of para-hydroxylation sites is 2. The van der Waals surface area contributed by atoms with E-state index in [0.29, 0.717) is 5.69 Å². The van der Waals surface area contributed by atoms with Crippen molar-refractivity contribution in [3.8, 4) is 28.7 Å². The standard InChI is InChI=1S/C26H19N7O/c27-15-23-25(31-32-33(23)16-24(28)34)19-11-7-17(8-12-19)5-6-18-9-13-20(14-10-18)26-29-21-3-1-2-4-22(21)30-26/h1-14H,16H2,(H2,28,34)(H,29,30)/b6-5+. The molecule has 164 valence electrons. The van der Waals surface area contributed by atoms with Gasteiger partial charge >= 0.3 is 0 Å². The maximum atomic E-state index is 11.2. The number of nitrogens with one attached hydrogen (secondary N) is 1. The lowest BCUT2D eigenvalue weighted by molar-refractivity contribution is -0.118. The summed E-state index contributed by atoms with van der Waals surface area (Å²) in [5, 5.41) is 17.3. The maximum absolute atomic E-state index is 11.2. The van der Waals surface area contributed by atoms with E-state index in [2.05, 4.69) is 20.3 Å². The third-order valence-electron chi connectivity index (χ3n) is 5.37. The molecular formula is C26H19N7O. The summed E-state index contributed by atoms with van der Waals surface area (Å²) >= 11 is 0. The van der Waals surface area contributed by atoms with Crippen LogP contribution in [0.2, 0.25) is 0 Å². The summed E-state index contributed by atoms with van der Waals surface area (Å²) in [5.74, 6) is 0.260. The summed E-state index contributed by atoms with van der Waals surface area (Å²) in [6.07, 6.45) is 4.04. The SMILES string of the molecule is N#Cc1c(-c2ccc(/C=C/c3ccc(-c4nc5ccccc5[nH]4)cc3)cc2)nnn1CC(N)=O. The Morgan fingerprint density at radius 1 is 0.971 bits per heavy atom. The highest BCUT2D eigenvalue weighted by Gasteiger charge is 2.15. The fourth-order valence-electron chi connectivity index (χ4n) is 3.66. The largest absolute Gasteiger partial charge is 0.368 e. The smallest absolute Gasteiger partial charge is 0.239 e. The molecule has 34 heavy (non-hydrogen) atoms. The van der Waals surface area contributed by atoms with E-state index in [1.165, 1.54) is 4.68 Å². The van der Waals surface area contributed by atoms with Gasteiger partial charge < -0.3 is 10.7 Å². The number of rotatable bonds is 6. The Hall–Kier alpha value is -5.03. The Balaban J connectivity index is 1.31. The van der Waals surface area contributed by atoms with Crippen LogP contribution in [0.3, 0.4) is 0 Å². The number of aromatic nitrogens is 5. The van der Waals surface area contributed by atoms with Gasteiger partial charge in [0.25, 0.3) is 0 Å². The first-order valence-electron chi connectivity index (χ1n) is 10.6. The third kappa shape index (κ3) is 4.18. The van der Waals surface area contributed by atoms with Crippen molar-refractivity contribution >= 4 is 29.1 Å². The fraction of sp³-hybridized carbons (Fsp3) is 0.0385. The van der Waals surface area contributed by atoms with Gasteiger partial charge in [-0.2, -0.15) is 5.26 Å². The van der Waals surface area contributed by atoms with Crippen LogP contribution in [0.1, 0.15) is 16.8 Å². The van der Waals surface area contributed by atoms with Gasteiger partial charge in [0.2, 0.25) is 5.91 Å². The van der Waals surface area contributed by atoms with E-state index >= 15 is 0 Å². The van der Waals surface area contributed by atoms with E-state index in [9.17, 15) is 10.1 Å². The van der Waals surface area contributed by atoms with Gasteiger partial charge in [-0.15, -0.1) is 5.10 Å². The molecule has 2 aromatic heterocycles. The van der Waals surface area contributed by atoms with Crippen LogP contribution >= 0.6 is 0 Å². The molecule has 8 nitrogen and oxygen atoms in total. The number of amides is 1. The number of aromatic amines is 1. The van der Waals surface area contributed by atoms with E-state index < -0.39 is 5.91 Å². The van der Waals surface area contributed by atoms with Gasteiger partial charge in [-0.05, 0) is 23.3 Å². The van der Waals surface area contributed by atoms with Crippen molar-refractivity contribution in [2.24, 2.45) is 5.73 Å². The quantitative estimate of drug-likeness (QED) is 0.382. The van der Waals surface area contributed by atoms with Crippen LogP contribution in [0.5, 0.6) is 0 Å². The van der Waals surface area contributed by atoms with Gasteiger partial charge in [0, 0.05) is 11.1 Å². The van der Waals surface area contributed by atoms with Crippen LogP contribution in [0.15, 0.2) is 72.8 Å². The summed E-state index contributed by atoms with van der Waals surface area (Å²) in [6.45, 7) is -0.189. The first kappa shape index (κ1) is 20.8. The van der Waals surface area contributed by atoms with Gasteiger partial charge in [0.05, 0.1) is 11.0 Å². The Kier molecular flexibility index (Phi) is 5.42. The molecular weight excluding hydrogens is 426 g/mol. The lowest BCUT2D eigenvalue weighted by Gasteiger charge is -2.01. The second-order valence-electron chi connectivity index (χ2n) is 7.70. The molecule has 0 aliphatic carbocycles. The van der Waals surface area contributed by atoms with E-state index in [1.54, 1.807) is 0 Å². The Morgan fingerprint density at radius 2 is 1.62 bits per heavy atom. The summed E-state index contributed by atoms with van der Waals surface area (Å²) < 4.78 is 1.21. The Bertz CT molecular complexity index is 1520. The second kappa shape index (κ2) is 8.84. The summed E-state index contributed by atoms with van der Waals surface area (Å²) in [6, 6.07) is 25.8. The Labute approximate surface area is 195 Å². The number of imidazole rings is 1. The van der Waals surface area contributed by atoms with Gasteiger partial charge in [0.15, 0.2) is 5.69 Å². The van der Waals surface area contributed by atoms with Gasteiger partial charge in [-0.1, -0.05) is 78.0 Å². The summed E-state index contributed by atoms with van der Waals surface area (Å²) in [4.78, 5) is 19.1. The Morgan fingerprint density at radius 3 is 2.24 bits per heavy atom. The molecule has 8 heteroatoms. The van der Waals surface area contributed by atoms with Crippen LogP contribution in [-0.4, -0.2) is 30.9 Å². The van der Waals surface area contributed by atoms with E-state index in [-0.39, 0.29) is 12.2 Å². The molecule has 0 fully saturated rings. The van der Waals surface area contributed by atoms with Crippen LogP contribution in [-0.2, 0) is 11.3 Å². The normalized spacial score (nSPS) is 11.1. The van der Waals surface area contributed by atoms with E-state index in [1.807, 2.05) is 91.0 Å². The average molecular weight is 445 g/mol.